The summed E-state index contributed by atoms with van der Waals surface area (Å²) in [5, 5.41) is 3.08. The molecule has 3 N–H and O–H groups in total. The Morgan fingerprint density at radius 1 is 1.26 bits per heavy atom. The smallest absolute Gasteiger partial charge is 0.256 e. The number of hydrogen-bond acceptors (Lipinski definition) is 3. The lowest BCUT2D eigenvalue weighted by Crippen LogP contribution is -2.13. The van der Waals surface area contributed by atoms with Gasteiger partial charge in [-0.2, -0.15) is 0 Å². The second-order valence-corrected chi connectivity index (χ2v) is 4.43. The van der Waals surface area contributed by atoms with Gasteiger partial charge >= 0.3 is 0 Å². The normalized spacial score (nSPS) is 10.2. The minimum absolute atomic E-state index is 0.236. The van der Waals surface area contributed by atoms with Gasteiger partial charge in [0.25, 0.3) is 5.91 Å². The Kier molecular flexibility index (Phi) is 4.49. The highest BCUT2D eigenvalue weighted by Crippen LogP contribution is 2.18. The fraction of sp³-hybridized carbons (Fsp3) is 0.143. The van der Waals surface area contributed by atoms with Gasteiger partial charge in [0.2, 0.25) is 0 Å². The number of nitrogens with two attached hydrogens (primary N) is 1. The maximum absolute atomic E-state index is 12.0. The highest BCUT2D eigenvalue weighted by Gasteiger charge is 2.08. The molecule has 0 spiro atoms. The molecule has 1 aromatic heterocycles. The lowest BCUT2D eigenvalue weighted by Gasteiger charge is -2.06. The molecule has 0 unspecified atom stereocenters. The fourth-order valence-corrected chi connectivity index (χ4v) is 1.82. The minimum Gasteiger partial charge on any atom is -0.330 e. The zero-order valence-corrected chi connectivity index (χ0v) is 11.0. The summed E-state index contributed by atoms with van der Waals surface area (Å²) < 4.78 is 0. The van der Waals surface area contributed by atoms with Crippen molar-refractivity contribution in [3.05, 3.63) is 58.7 Å². The van der Waals surface area contributed by atoms with Crippen LogP contribution in [0.2, 0.25) is 5.02 Å². The van der Waals surface area contributed by atoms with Crippen molar-refractivity contribution in [2.75, 3.05) is 11.9 Å². The van der Waals surface area contributed by atoms with Crippen molar-refractivity contribution in [3.63, 3.8) is 0 Å². The number of nitrogens with one attached hydrogen (secondary N) is 1. The Bertz CT molecular complexity index is 569. The van der Waals surface area contributed by atoms with Gasteiger partial charge in [-0.25, -0.2) is 4.98 Å². The molecule has 1 amide bonds. The Morgan fingerprint density at radius 3 is 2.63 bits per heavy atom. The first-order valence-electron chi connectivity index (χ1n) is 5.91. The number of hydrogen-bond donors (Lipinski definition) is 2. The molecule has 0 atom stereocenters. The van der Waals surface area contributed by atoms with Crippen molar-refractivity contribution in [2.45, 2.75) is 6.42 Å². The molecule has 5 heteroatoms. The van der Waals surface area contributed by atoms with E-state index in [1.54, 1.807) is 30.5 Å². The molecule has 19 heavy (non-hydrogen) atoms. The fourth-order valence-electron chi connectivity index (χ4n) is 1.65. The zero-order chi connectivity index (χ0) is 13.7. The quantitative estimate of drug-likeness (QED) is 0.901. The molecular formula is C14H14ClN3O. The SMILES string of the molecule is NCCc1ccc(C(=O)Nc2ncccc2Cl)cc1. The van der Waals surface area contributed by atoms with E-state index >= 15 is 0 Å². The van der Waals surface area contributed by atoms with Gasteiger partial charge in [0.05, 0.1) is 5.02 Å². The number of amides is 1. The number of aromatic nitrogens is 1. The maximum Gasteiger partial charge on any atom is 0.256 e. The van der Waals surface area contributed by atoms with Crippen LogP contribution in [-0.4, -0.2) is 17.4 Å². The predicted octanol–water partition coefficient (Wildman–Crippen LogP) is 2.49. The van der Waals surface area contributed by atoms with Crippen LogP contribution in [0, 0.1) is 0 Å². The molecule has 4 nitrogen and oxygen atoms in total. The Balaban J connectivity index is 2.10. The molecule has 0 radical (unpaired) electrons. The minimum atomic E-state index is -0.236. The zero-order valence-electron chi connectivity index (χ0n) is 10.3. The van der Waals surface area contributed by atoms with Crippen LogP contribution in [0.4, 0.5) is 5.82 Å². The molecule has 0 saturated heterocycles. The number of carbonyl (C=O) groups excluding carboxylic acids is 1. The lowest BCUT2D eigenvalue weighted by molar-refractivity contribution is 0.102. The molecule has 2 rings (SSSR count). The molecule has 0 fully saturated rings. The molecule has 0 aliphatic heterocycles. The third-order valence-corrected chi connectivity index (χ3v) is 2.94. The molecule has 2 aromatic rings. The number of carbonyl (C=O) groups is 1. The van der Waals surface area contributed by atoms with Gasteiger partial charge in [-0.1, -0.05) is 23.7 Å². The van der Waals surface area contributed by atoms with Crippen molar-refractivity contribution in [1.29, 1.82) is 0 Å². The molecule has 1 heterocycles. The van der Waals surface area contributed by atoms with Crippen molar-refractivity contribution < 1.29 is 4.79 Å². The number of nitrogens with zero attached hydrogens (tertiary/aromatic N) is 1. The summed E-state index contributed by atoms with van der Waals surface area (Å²) in [6, 6.07) is 10.7. The van der Waals surface area contributed by atoms with Crippen LogP contribution < -0.4 is 11.1 Å². The van der Waals surface area contributed by atoms with Gasteiger partial charge in [0, 0.05) is 11.8 Å². The summed E-state index contributed by atoms with van der Waals surface area (Å²) in [6.07, 6.45) is 2.37. The first-order valence-corrected chi connectivity index (χ1v) is 6.29. The van der Waals surface area contributed by atoms with E-state index in [4.69, 9.17) is 17.3 Å². The summed E-state index contributed by atoms with van der Waals surface area (Å²) in [5.74, 6) is 0.125. The van der Waals surface area contributed by atoms with Gasteiger partial charge in [0.15, 0.2) is 5.82 Å². The van der Waals surface area contributed by atoms with Crippen molar-refractivity contribution in [1.82, 2.24) is 4.98 Å². The summed E-state index contributed by atoms with van der Waals surface area (Å²) >= 11 is 5.93. The molecule has 0 saturated carbocycles. The van der Waals surface area contributed by atoms with Crippen LogP contribution in [0.25, 0.3) is 0 Å². The monoisotopic (exact) mass is 275 g/mol. The van der Waals surface area contributed by atoms with E-state index in [-0.39, 0.29) is 5.91 Å². The lowest BCUT2D eigenvalue weighted by atomic mass is 10.1. The molecule has 98 valence electrons. The van der Waals surface area contributed by atoms with Crippen molar-refractivity contribution in [2.24, 2.45) is 5.73 Å². The Morgan fingerprint density at radius 2 is 2.00 bits per heavy atom. The second kappa shape index (κ2) is 6.31. The van der Waals surface area contributed by atoms with Crippen molar-refractivity contribution in [3.8, 4) is 0 Å². The Hall–Kier alpha value is -1.91. The van der Waals surface area contributed by atoms with Crippen LogP contribution in [0.15, 0.2) is 42.6 Å². The standard InChI is InChI=1S/C14H14ClN3O/c15-12-2-1-9-17-13(12)18-14(19)11-5-3-10(4-6-11)7-8-16/h1-6,9H,7-8,16H2,(H,17,18,19). The van der Waals surface area contributed by atoms with E-state index in [0.29, 0.717) is 22.9 Å². The first-order chi connectivity index (χ1) is 9.20. The van der Waals surface area contributed by atoms with Crippen LogP contribution in [0.5, 0.6) is 0 Å². The summed E-state index contributed by atoms with van der Waals surface area (Å²) in [6.45, 7) is 0.592. The Labute approximate surface area is 116 Å². The van der Waals surface area contributed by atoms with E-state index in [2.05, 4.69) is 10.3 Å². The molecule has 1 aromatic carbocycles. The third kappa shape index (κ3) is 3.53. The highest BCUT2D eigenvalue weighted by molar-refractivity contribution is 6.33. The summed E-state index contributed by atoms with van der Waals surface area (Å²) in [7, 11) is 0. The van der Waals surface area contributed by atoms with Crippen LogP contribution in [0.3, 0.4) is 0 Å². The van der Waals surface area contributed by atoms with Crippen LogP contribution >= 0.6 is 11.6 Å². The van der Waals surface area contributed by atoms with E-state index in [0.717, 1.165) is 12.0 Å². The average molecular weight is 276 g/mol. The van der Waals surface area contributed by atoms with Gasteiger partial charge in [-0.3, -0.25) is 4.79 Å². The first kappa shape index (κ1) is 13.5. The number of rotatable bonds is 4. The molecule has 0 aliphatic carbocycles. The number of benzene rings is 1. The number of halogens is 1. The van der Waals surface area contributed by atoms with E-state index in [1.165, 1.54) is 0 Å². The van der Waals surface area contributed by atoms with Crippen LogP contribution in [-0.2, 0) is 6.42 Å². The van der Waals surface area contributed by atoms with E-state index in [9.17, 15) is 4.79 Å². The predicted molar refractivity (Wildman–Crippen MR) is 76.4 cm³/mol. The average Bonchev–Trinajstić information content (AvgIpc) is 2.42. The number of anilines is 1. The molecule has 0 aliphatic rings. The van der Waals surface area contributed by atoms with Crippen LogP contribution in [0.1, 0.15) is 15.9 Å². The topological polar surface area (TPSA) is 68.0 Å². The van der Waals surface area contributed by atoms with Gasteiger partial charge in [-0.05, 0) is 42.8 Å². The van der Waals surface area contributed by atoms with Gasteiger partial charge in [0.1, 0.15) is 0 Å². The number of pyridine rings is 1. The third-order valence-electron chi connectivity index (χ3n) is 2.64. The van der Waals surface area contributed by atoms with Crippen molar-refractivity contribution >= 4 is 23.3 Å². The van der Waals surface area contributed by atoms with E-state index < -0.39 is 0 Å². The largest absolute Gasteiger partial charge is 0.330 e. The van der Waals surface area contributed by atoms with E-state index in [1.807, 2.05) is 12.1 Å². The molecular weight excluding hydrogens is 262 g/mol. The second-order valence-electron chi connectivity index (χ2n) is 4.02. The highest BCUT2D eigenvalue weighted by atomic mass is 35.5. The maximum atomic E-state index is 12.0. The van der Waals surface area contributed by atoms with Gasteiger partial charge in [-0.15, -0.1) is 0 Å². The summed E-state index contributed by atoms with van der Waals surface area (Å²) in [4.78, 5) is 16.0. The van der Waals surface area contributed by atoms with Gasteiger partial charge < -0.3 is 11.1 Å². The summed E-state index contributed by atoms with van der Waals surface area (Å²) in [5.41, 5.74) is 7.14. The molecule has 0 bridgehead atoms.